The molecule has 0 spiro atoms. The van der Waals surface area contributed by atoms with Crippen LogP contribution >= 0.6 is 7.14 Å². The number of amides is 2. The Balaban J connectivity index is 1.61. The van der Waals surface area contributed by atoms with Gasteiger partial charge >= 0.3 is 0 Å². The molecule has 0 bridgehead atoms. The molecular formula is C21H25N2O3P. The van der Waals surface area contributed by atoms with Gasteiger partial charge in [-0.05, 0) is 12.8 Å². The van der Waals surface area contributed by atoms with E-state index in [1.807, 2.05) is 65.6 Å². The van der Waals surface area contributed by atoms with Crippen LogP contribution in [0.2, 0.25) is 0 Å². The minimum atomic E-state index is -3.04. The van der Waals surface area contributed by atoms with E-state index < -0.39 is 7.14 Å². The van der Waals surface area contributed by atoms with E-state index in [0.717, 1.165) is 13.0 Å². The van der Waals surface area contributed by atoms with Crippen molar-refractivity contribution in [2.24, 2.45) is 0 Å². The van der Waals surface area contributed by atoms with Crippen molar-refractivity contribution in [3.8, 4) is 0 Å². The summed E-state index contributed by atoms with van der Waals surface area (Å²) >= 11 is 0. The zero-order valence-electron chi connectivity index (χ0n) is 15.3. The SMILES string of the molecule is O=C(CP(=O)(c1ccccc1)c1ccccc1)NCCCN1CCCC1=O. The topological polar surface area (TPSA) is 66.5 Å². The molecule has 2 amide bonds. The van der Waals surface area contributed by atoms with Crippen molar-refractivity contribution in [2.45, 2.75) is 19.3 Å². The minimum Gasteiger partial charge on any atom is -0.356 e. The summed E-state index contributed by atoms with van der Waals surface area (Å²) in [6.45, 7) is 1.95. The molecule has 3 rings (SSSR count). The second-order valence-corrected chi connectivity index (χ2v) is 9.59. The van der Waals surface area contributed by atoms with Crippen molar-refractivity contribution in [3.63, 3.8) is 0 Å². The number of likely N-dealkylation sites (tertiary alicyclic amines) is 1. The van der Waals surface area contributed by atoms with E-state index in [2.05, 4.69) is 5.32 Å². The Morgan fingerprint density at radius 2 is 1.59 bits per heavy atom. The molecule has 1 aliphatic heterocycles. The largest absolute Gasteiger partial charge is 0.356 e. The van der Waals surface area contributed by atoms with Gasteiger partial charge in [0.1, 0.15) is 0 Å². The van der Waals surface area contributed by atoms with Crippen LogP contribution in [0.15, 0.2) is 60.7 Å². The van der Waals surface area contributed by atoms with Crippen molar-refractivity contribution < 1.29 is 14.2 Å². The van der Waals surface area contributed by atoms with Gasteiger partial charge in [0.15, 0.2) is 7.14 Å². The van der Waals surface area contributed by atoms with Crippen LogP contribution in [-0.4, -0.2) is 42.5 Å². The Morgan fingerprint density at radius 3 is 2.11 bits per heavy atom. The third-order valence-corrected chi connectivity index (χ3v) is 7.81. The van der Waals surface area contributed by atoms with Crippen LogP contribution in [0.3, 0.4) is 0 Å². The summed E-state index contributed by atoms with van der Waals surface area (Å²) in [5, 5.41) is 4.25. The summed E-state index contributed by atoms with van der Waals surface area (Å²) in [5.41, 5.74) is 0. The molecule has 142 valence electrons. The Labute approximate surface area is 160 Å². The molecule has 6 heteroatoms. The fourth-order valence-corrected chi connectivity index (χ4v) is 5.85. The Kier molecular flexibility index (Phi) is 6.46. The third-order valence-electron chi connectivity index (χ3n) is 4.81. The fourth-order valence-electron chi connectivity index (χ4n) is 3.37. The van der Waals surface area contributed by atoms with E-state index in [0.29, 0.717) is 36.5 Å². The van der Waals surface area contributed by atoms with E-state index in [1.54, 1.807) is 0 Å². The van der Waals surface area contributed by atoms with Gasteiger partial charge in [-0.25, -0.2) is 0 Å². The summed E-state index contributed by atoms with van der Waals surface area (Å²) in [6.07, 6.45) is 2.20. The van der Waals surface area contributed by atoms with Crippen molar-refractivity contribution in [1.29, 1.82) is 0 Å². The molecular weight excluding hydrogens is 359 g/mol. The predicted molar refractivity (Wildman–Crippen MR) is 108 cm³/mol. The van der Waals surface area contributed by atoms with Gasteiger partial charge in [0.2, 0.25) is 11.8 Å². The lowest BCUT2D eigenvalue weighted by Crippen LogP contribution is -2.34. The van der Waals surface area contributed by atoms with E-state index in [9.17, 15) is 14.2 Å². The Morgan fingerprint density at radius 1 is 1.00 bits per heavy atom. The molecule has 1 saturated heterocycles. The maximum atomic E-state index is 13.8. The van der Waals surface area contributed by atoms with Gasteiger partial charge in [-0.1, -0.05) is 60.7 Å². The van der Waals surface area contributed by atoms with Gasteiger partial charge in [-0.2, -0.15) is 0 Å². The first-order valence-electron chi connectivity index (χ1n) is 9.34. The molecule has 2 aromatic carbocycles. The van der Waals surface area contributed by atoms with Crippen molar-refractivity contribution in [1.82, 2.24) is 10.2 Å². The van der Waals surface area contributed by atoms with Crippen LogP contribution in [0, 0.1) is 0 Å². The number of rotatable bonds is 8. The quantitative estimate of drug-likeness (QED) is 0.560. The zero-order valence-corrected chi connectivity index (χ0v) is 16.2. The number of nitrogens with zero attached hydrogens (tertiary/aromatic N) is 1. The zero-order chi connectivity index (χ0) is 19.1. The van der Waals surface area contributed by atoms with Gasteiger partial charge < -0.3 is 14.8 Å². The summed E-state index contributed by atoms with van der Waals surface area (Å²) in [4.78, 5) is 25.9. The smallest absolute Gasteiger partial charge is 0.228 e. The van der Waals surface area contributed by atoms with Crippen molar-refractivity contribution >= 4 is 29.6 Å². The highest BCUT2D eigenvalue weighted by molar-refractivity contribution is 7.79. The average molecular weight is 384 g/mol. The van der Waals surface area contributed by atoms with Crippen molar-refractivity contribution in [2.75, 3.05) is 25.8 Å². The minimum absolute atomic E-state index is 0.0519. The molecule has 5 nitrogen and oxygen atoms in total. The first-order chi connectivity index (χ1) is 13.1. The van der Waals surface area contributed by atoms with Gasteiger partial charge in [-0.15, -0.1) is 0 Å². The molecule has 0 aliphatic carbocycles. The molecule has 2 aromatic rings. The highest BCUT2D eigenvalue weighted by Crippen LogP contribution is 2.42. The van der Waals surface area contributed by atoms with Gasteiger partial charge in [0.05, 0.1) is 6.16 Å². The number of benzene rings is 2. The van der Waals surface area contributed by atoms with E-state index in [4.69, 9.17) is 0 Å². The summed E-state index contributed by atoms with van der Waals surface area (Å²) < 4.78 is 13.8. The molecule has 0 aromatic heterocycles. The van der Waals surface area contributed by atoms with Gasteiger partial charge in [-0.3, -0.25) is 9.59 Å². The molecule has 0 atom stereocenters. The third kappa shape index (κ3) is 4.86. The maximum absolute atomic E-state index is 13.8. The van der Waals surface area contributed by atoms with Gasteiger partial charge in [0, 0.05) is 36.7 Å². The molecule has 0 radical (unpaired) electrons. The number of hydrogen-bond acceptors (Lipinski definition) is 3. The number of hydrogen-bond donors (Lipinski definition) is 1. The van der Waals surface area contributed by atoms with Crippen LogP contribution in [0.5, 0.6) is 0 Å². The predicted octanol–water partition coefficient (Wildman–Crippen LogP) is 2.13. The monoisotopic (exact) mass is 384 g/mol. The van der Waals surface area contributed by atoms with Crippen LogP contribution in [0.25, 0.3) is 0 Å². The first kappa shape index (κ1) is 19.4. The Hall–Kier alpha value is -2.39. The molecule has 0 unspecified atom stereocenters. The molecule has 1 aliphatic rings. The summed E-state index contributed by atoms with van der Waals surface area (Å²) in [6, 6.07) is 18.4. The van der Waals surface area contributed by atoms with Crippen LogP contribution < -0.4 is 15.9 Å². The van der Waals surface area contributed by atoms with E-state index in [-0.39, 0.29) is 18.0 Å². The average Bonchev–Trinajstić information content (AvgIpc) is 3.11. The van der Waals surface area contributed by atoms with Gasteiger partial charge in [0.25, 0.3) is 0 Å². The highest BCUT2D eigenvalue weighted by atomic mass is 31.2. The molecule has 0 saturated carbocycles. The number of nitrogens with one attached hydrogen (secondary N) is 1. The second kappa shape index (κ2) is 9.01. The number of carbonyl (C=O) groups is 2. The molecule has 1 heterocycles. The fraction of sp³-hybridized carbons (Fsp3) is 0.333. The maximum Gasteiger partial charge on any atom is 0.228 e. The van der Waals surface area contributed by atoms with Crippen LogP contribution in [0.4, 0.5) is 0 Å². The lowest BCUT2D eigenvalue weighted by atomic mass is 10.4. The second-order valence-electron chi connectivity index (χ2n) is 6.76. The first-order valence-corrected chi connectivity index (χ1v) is 11.2. The molecule has 1 N–H and O–H groups in total. The van der Waals surface area contributed by atoms with Crippen LogP contribution in [-0.2, 0) is 14.2 Å². The lowest BCUT2D eigenvalue weighted by Gasteiger charge is -2.19. The summed E-state index contributed by atoms with van der Waals surface area (Å²) in [7, 11) is -3.04. The van der Waals surface area contributed by atoms with E-state index in [1.165, 1.54) is 0 Å². The standard InChI is InChI=1S/C21H25N2O3P/c24-20(22-14-8-16-23-15-7-13-21(23)25)17-27(26,18-9-3-1-4-10-18)19-11-5-2-6-12-19/h1-6,9-12H,7-8,13-17H2,(H,22,24). The normalized spacial score (nSPS) is 14.4. The molecule has 1 fully saturated rings. The lowest BCUT2D eigenvalue weighted by molar-refractivity contribution is -0.127. The Bertz CT molecular complexity index is 780. The van der Waals surface area contributed by atoms with E-state index >= 15 is 0 Å². The van der Waals surface area contributed by atoms with Crippen LogP contribution in [0.1, 0.15) is 19.3 Å². The van der Waals surface area contributed by atoms with Crippen molar-refractivity contribution in [3.05, 3.63) is 60.7 Å². The highest BCUT2D eigenvalue weighted by Gasteiger charge is 2.30. The summed E-state index contributed by atoms with van der Waals surface area (Å²) in [5.74, 6) is -0.0298. The molecule has 27 heavy (non-hydrogen) atoms. The number of carbonyl (C=O) groups excluding carboxylic acids is 2.